The Balaban J connectivity index is 1.59. The minimum absolute atomic E-state index is 0.280. The van der Waals surface area contributed by atoms with Crippen molar-refractivity contribution in [2.75, 3.05) is 21.3 Å². The highest BCUT2D eigenvalue weighted by Gasteiger charge is 2.46. The lowest BCUT2D eigenvalue weighted by Crippen LogP contribution is -2.59. The van der Waals surface area contributed by atoms with Crippen molar-refractivity contribution in [3.63, 3.8) is 0 Å². The molecule has 34 heavy (non-hydrogen) atoms. The van der Waals surface area contributed by atoms with E-state index in [0.717, 1.165) is 23.3 Å². The third kappa shape index (κ3) is 6.44. The van der Waals surface area contributed by atoms with Crippen LogP contribution in [0.25, 0.3) is 12.2 Å². The van der Waals surface area contributed by atoms with Gasteiger partial charge in [0.05, 0.1) is 17.9 Å². The zero-order valence-corrected chi connectivity index (χ0v) is 19.4. The molecule has 1 aliphatic rings. The van der Waals surface area contributed by atoms with Gasteiger partial charge in [0.2, 0.25) is 0 Å². The average molecular weight is 479 g/mol. The van der Waals surface area contributed by atoms with Gasteiger partial charge in [-0.25, -0.2) is 0 Å². The predicted molar refractivity (Wildman–Crippen MR) is 122 cm³/mol. The molecule has 1 saturated heterocycles. The highest BCUT2D eigenvalue weighted by atomic mass is 19.4. The molecule has 0 radical (unpaired) electrons. The van der Waals surface area contributed by atoms with Gasteiger partial charge in [0.1, 0.15) is 12.2 Å². The Morgan fingerprint density at radius 3 is 1.76 bits per heavy atom. The summed E-state index contributed by atoms with van der Waals surface area (Å²) in [5.41, 5.74) is 1.68. The second-order valence-electron chi connectivity index (χ2n) is 7.77. The fourth-order valence-corrected chi connectivity index (χ4v) is 3.72. The number of benzene rings is 2. The number of hydrogen-bond acceptors (Lipinski definition) is 6. The first kappa shape index (κ1) is 25.9. The molecule has 2 aromatic rings. The van der Waals surface area contributed by atoms with Crippen LogP contribution in [-0.4, -0.2) is 58.2 Å². The van der Waals surface area contributed by atoms with E-state index in [0.29, 0.717) is 5.56 Å². The highest BCUT2D eigenvalue weighted by molar-refractivity contribution is 5.80. The average Bonchev–Trinajstić information content (AvgIpc) is 2.82. The van der Waals surface area contributed by atoms with Crippen LogP contribution >= 0.6 is 0 Å². The maximum absolute atomic E-state index is 12.7. The molecule has 184 valence electrons. The van der Waals surface area contributed by atoms with Gasteiger partial charge in [-0.2, -0.15) is 13.2 Å². The maximum Gasteiger partial charge on any atom is 0.416 e. The van der Waals surface area contributed by atoms with Gasteiger partial charge in [-0.3, -0.25) is 0 Å². The van der Waals surface area contributed by atoms with Gasteiger partial charge in [-0.15, -0.1) is 0 Å². The predicted octanol–water partition coefficient (Wildman–Crippen LogP) is 5.02. The van der Waals surface area contributed by atoms with E-state index < -0.39 is 24.1 Å². The van der Waals surface area contributed by atoms with Crippen molar-refractivity contribution in [1.29, 1.82) is 0 Å². The molecule has 1 fully saturated rings. The normalized spacial score (nSPS) is 25.8. The monoisotopic (exact) mass is 479 g/mol. The topological polar surface area (TPSA) is 58.5 Å². The van der Waals surface area contributed by atoms with Gasteiger partial charge >= 0.3 is 6.18 Å². The summed E-state index contributed by atoms with van der Waals surface area (Å²) in [7, 11) is 4.71. The summed E-state index contributed by atoms with van der Waals surface area (Å²) in [4.78, 5) is 5.55. The minimum atomic E-state index is -4.34. The van der Waals surface area contributed by atoms with E-state index in [1.807, 2.05) is 37.3 Å². The van der Waals surface area contributed by atoms with Crippen LogP contribution in [0.3, 0.4) is 0 Å². The largest absolute Gasteiger partial charge is 0.416 e. The molecule has 6 nitrogen and oxygen atoms in total. The number of halogens is 3. The molecule has 1 aliphatic heterocycles. The van der Waals surface area contributed by atoms with Gasteiger partial charge < -0.3 is 23.8 Å². The second-order valence-corrected chi connectivity index (χ2v) is 7.77. The van der Waals surface area contributed by atoms with Crippen molar-refractivity contribution in [1.82, 2.24) is 0 Å². The molecule has 0 saturated carbocycles. The van der Waals surface area contributed by atoms with Gasteiger partial charge in [0.25, 0.3) is 6.29 Å². The molecule has 0 N–H and O–H groups in total. The maximum atomic E-state index is 12.7. The summed E-state index contributed by atoms with van der Waals surface area (Å²) in [5, 5.41) is 4.03. The van der Waals surface area contributed by atoms with Crippen molar-refractivity contribution >= 4 is 18.4 Å². The van der Waals surface area contributed by atoms with Gasteiger partial charge in [0, 0.05) is 21.3 Å². The minimum Gasteiger partial charge on any atom is -0.376 e. The Kier molecular flexibility index (Phi) is 8.84. The summed E-state index contributed by atoms with van der Waals surface area (Å²) in [5.74, 6) is 0. The molecule has 2 aromatic carbocycles. The van der Waals surface area contributed by atoms with Gasteiger partial charge in [-0.05, 0) is 35.7 Å². The molecular formula is C25H28F3NO5. The van der Waals surface area contributed by atoms with E-state index in [-0.39, 0.29) is 18.3 Å². The van der Waals surface area contributed by atoms with Crippen molar-refractivity contribution in [3.8, 4) is 0 Å². The lowest BCUT2D eigenvalue weighted by atomic mass is 9.99. The summed E-state index contributed by atoms with van der Waals surface area (Å²) >= 11 is 0. The van der Waals surface area contributed by atoms with Crippen LogP contribution in [0.2, 0.25) is 0 Å². The van der Waals surface area contributed by atoms with E-state index in [2.05, 4.69) is 5.16 Å². The van der Waals surface area contributed by atoms with Crippen LogP contribution in [0.15, 0.2) is 53.7 Å². The number of alkyl halides is 3. The van der Waals surface area contributed by atoms with E-state index >= 15 is 0 Å². The Bertz CT molecular complexity index is 960. The van der Waals surface area contributed by atoms with Gasteiger partial charge in [0.15, 0.2) is 6.10 Å². The molecule has 0 aliphatic carbocycles. The zero-order chi connectivity index (χ0) is 24.7. The number of methoxy groups -OCH3 is 3. The van der Waals surface area contributed by atoms with Crippen LogP contribution in [0.1, 0.15) is 29.2 Å². The fourth-order valence-electron chi connectivity index (χ4n) is 3.72. The molecule has 0 aromatic heterocycles. The molecule has 0 bridgehead atoms. The third-order valence-electron chi connectivity index (χ3n) is 5.55. The van der Waals surface area contributed by atoms with Crippen molar-refractivity contribution in [2.45, 2.75) is 43.8 Å². The summed E-state index contributed by atoms with van der Waals surface area (Å²) in [6.07, 6.45) is -1.48. The SMILES string of the molecule is CO[C@@H]1[C@@H](OC)[C@H](C)O[C@@H](O/N=C/c2ccc(/C=C/c3ccc(C(F)(F)F)cc3)cc2)[C@@H]1OC. The fraction of sp³-hybridized carbons (Fsp3) is 0.400. The molecule has 3 rings (SSSR count). The lowest BCUT2D eigenvalue weighted by molar-refractivity contribution is -0.305. The summed E-state index contributed by atoms with van der Waals surface area (Å²) < 4.78 is 60.3. The van der Waals surface area contributed by atoms with Crippen molar-refractivity contribution in [3.05, 3.63) is 70.8 Å². The van der Waals surface area contributed by atoms with Crippen molar-refractivity contribution in [2.24, 2.45) is 5.16 Å². The zero-order valence-electron chi connectivity index (χ0n) is 19.4. The molecule has 0 spiro atoms. The molecule has 5 atom stereocenters. The number of nitrogens with zero attached hydrogens (tertiary/aromatic N) is 1. The molecular weight excluding hydrogens is 451 g/mol. The molecule has 9 heteroatoms. The second kappa shape index (κ2) is 11.6. The number of hydrogen-bond donors (Lipinski definition) is 0. The number of rotatable bonds is 8. The van der Waals surface area contributed by atoms with Crippen LogP contribution in [0, 0.1) is 0 Å². The summed E-state index contributed by atoms with van der Waals surface area (Å²) in [6.45, 7) is 1.86. The van der Waals surface area contributed by atoms with Gasteiger partial charge in [-0.1, -0.05) is 53.7 Å². The first-order chi connectivity index (χ1) is 16.3. The van der Waals surface area contributed by atoms with Crippen LogP contribution in [0.5, 0.6) is 0 Å². The highest BCUT2D eigenvalue weighted by Crippen LogP contribution is 2.29. The van der Waals surface area contributed by atoms with Crippen molar-refractivity contribution < 1.29 is 37.0 Å². The molecule has 1 heterocycles. The van der Waals surface area contributed by atoms with E-state index in [1.54, 1.807) is 33.6 Å². The van der Waals surface area contributed by atoms with E-state index in [4.69, 9.17) is 23.8 Å². The molecule has 0 amide bonds. The Morgan fingerprint density at radius 1 is 0.765 bits per heavy atom. The van der Waals surface area contributed by atoms with Crippen LogP contribution < -0.4 is 0 Å². The standard InChI is InChI=1S/C25H28F3NO5/c1-16-21(30-2)22(31-3)23(32-4)24(33-16)34-29-15-19-9-7-17(8-10-19)5-6-18-11-13-20(14-12-18)25(26,27)28/h5-16,21-24H,1-4H3/b6-5+,29-15+/t16-,21-,22+,23+,24-/m0/s1. The van der Waals surface area contributed by atoms with Crippen LogP contribution in [-0.2, 0) is 30.0 Å². The lowest BCUT2D eigenvalue weighted by Gasteiger charge is -2.42. The Hall–Kier alpha value is -2.72. The quantitative estimate of drug-likeness (QED) is 0.303. The molecule has 0 unspecified atom stereocenters. The smallest absolute Gasteiger partial charge is 0.376 e. The Morgan fingerprint density at radius 2 is 1.26 bits per heavy atom. The van der Waals surface area contributed by atoms with Crippen LogP contribution in [0.4, 0.5) is 13.2 Å². The first-order valence-corrected chi connectivity index (χ1v) is 10.6. The summed E-state index contributed by atoms with van der Waals surface area (Å²) in [6, 6.07) is 12.4. The third-order valence-corrected chi connectivity index (χ3v) is 5.55. The number of ether oxygens (including phenoxy) is 4. The van der Waals surface area contributed by atoms with E-state index in [9.17, 15) is 13.2 Å². The first-order valence-electron chi connectivity index (χ1n) is 10.6. The van der Waals surface area contributed by atoms with E-state index in [1.165, 1.54) is 12.1 Å². The number of oxime groups is 1. The Labute approximate surface area is 196 Å².